The summed E-state index contributed by atoms with van der Waals surface area (Å²) in [5.41, 5.74) is 2.95. The summed E-state index contributed by atoms with van der Waals surface area (Å²) >= 11 is 7.32. The first kappa shape index (κ1) is 20.8. The number of benzene rings is 1. The van der Waals surface area contributed by atoms with Gasteiger partial charge in [0.1, 0.15) is 11.7 Å². The standard InChI is InChI=1S/C20H20ClN5O2S/c1-12-5-6-15(21)8-16(12)25-20-26-17(11-29-20)19(28)24-13(2)18(27)23-10-14-4-3-7-22-9-14/h3-9,11,13H,10H2,1-2H3,(H,23,27)(H,24,28)(H,25,26). The van der Waals surface area contributed by atoms with Gasteiger partial charge in [0.25, 0.3) is 5.91 Å². The number of anilines is 2. The normalized spacial score (nSPS) is 11.6. The van der Waals surface area contributed by atoms with E-state index in [1.54, 1.807) is 36.8 Å². The fraction of sp³-hybridized carbons (Fsp3) is 0.200. The Hall–Kier alpha value is -2.97. The number of aryl methyl sites for hydroxylation is 1. The predicted molar refractivity (Wildman–Crippen MR) is 115 cm³/mol. The number of nitrogens with zero attached hydrogens (tertiary/aromatic N) is 2. The Kier molecular flexibility index (Phi) is 6.79. The first-order chi connectivity index (χ1) is 13.9. The van der Waals surface area contributed by atoms with Crippen molar-refractivity contribution < 1.29 is 9.59 Å². The lowest BCUT2D eigenvalue weighted by Gasteiger charge is -2.13. The molecule has 3 aromatic rings. The molecule has 2 aromatic heterocycles. The number of rotatable bonds is 7. The van der Waals surface area contributed by atoms with Gasteiger partial charge in [0.05, 0.1) is 0 Å². The number of aromatic nitrogens is 2. The Balaban J connectivity index is 1.55. The molecular formula is C20H20ClN5O2S. The van der Waals surface area contributed by atoms with Crippen molar-refractivity contribution in [3.8, 4) is 0 Å². The summed E-state index contributed by atoms with van der Waals surface area (Å²) in [6.45, 7) is 3.92. The van der Waals surface area contributed by atoms with Crippen LogP contribution in [0.3, 0.4) is 0 Å². The van der Waals surface area contributed by atoms with Gasteiger partial charge in [-0.25, -0.2) is 4.98 Å². The van der Waals surface area contributed by atoms with Crippen LogP contribution in [0.1, 0.15) is 28.5 Å². The highest BCUT2D eigenvalue weighted by Gasteiger charge is 2.18. The van der Waals surface area contributed by atoms with Gasteiger partial charge in [0.2, 0.25) is 5.91 Å². The van der Waals surface area contributed by atoms with Gasteiger partial charge in [-0.05, 0) is 43.2 Å². The molecule has 0 fully saturated rings. The van der Waals surface area contributed by atoms with Crippen LogP contribution in [0, 0.1) is 6.92 Å². The van der Waals surface area contributed by atoms with Gasteiger partial charge >= 0.3 is 0 Å². The van der Waals surface area contributed by atoms with E-state index in [1.807, 2.05) is 25.1 Å². The van der Waals surface area contributed by atoms with Crippen LogP contribution in [-0.4, -0.2) is 27.8 Å². The number of thiazole rings is 1. The van der Waals surface area contributed by atoms with Crippen molar-refractivity contribution in [1.29, 1.82) is 0 Å². The van der Waals surface area contributed by atoms with Crippen LogP contribution < -0.4 is 16.0 Å². The van der Waals surface area contributed by atoms with Gasteiger partial charge in [0, 0.05) is 35.0 Å². The topological polar surface area (TPSA) is 96.0 Å². The monoisotopic (exact) mass is 429 g/mol. The van der Waals surface area contributed by atoms with Gasteiger partial charge in [-0.2, -0.15) is 0 Å². The predicted octanol–water partition coefficient (Wildman–Crippen LogP) is 3.68. The lowest BCUT2D eigenvalue weighted by molar-refractivity contribution is -0.122. The van der Waals surface area contributed by atoms with E-state index in [9.17, 15) is 9.59 Å². The number of amides is 2. The third-order valence-electron chi connectivity index (χ3n) is 4.11. The molecule has 0 aliphatic rings. The second-order valence-electron chi connectivity index (χ2n) is 6.40. The molecule has 3 N–H and O–H groups in total. The highest BCUT2D eigenvalue weighted by Crippen LogP contribution is 2.26. The number of carbonyl (C=O) groups is 2. The molecule has 0 bridgehead atoms. The first-order valence-electron chi connectivity index (χ1n) is 8.88. The molecule has 7 nitrogen and oxygen atoms in total. The number of carbonyl (C=O) groups excluding carboxylic acids is 2. The zero-order valence-corrected chi connectivity index (χ0v) is 17.5. The molecule has 9 heteroatoms. The van der Waals surface area contributed by atoms with Crippen LogP contribution in [0.15, 0.2) is 48.1 Å². The minimum absolute atomic E-state index is 0.240. The summed E-state index contributed by atoms with van der Waals surface area (Å²) in [5, 5.41) is 11.4. The van der Waals surface area contributed by atoms with Crippen molar-refractivity contribution in [2.75, 3.05) is 5.32 Å². The van der Waals surface area contributed by atoms with Gasteiger partial charge in [-0.15, -0.1) is 11.3 Å². The van der Waals surface area contributed by atoms with Crippen LogP contribution in [-0.2, 0) is 11.3 Å². The quantitative estimate of drug-likeness (QED) is 0.532. The van der Waals surface area contributed by atoms with Crippen molar-refractivity contribution >= 4 is 45.6 Å². The number of hydrogen-bond acceptors (Lipinski definition) is 6. The summed E-state index contributed by atoms with van der Waals surface area (Å²) < 4.78 is 0. The Labute approximate surface area is 177 Å². The molecule has 0 saturated carbocycles. The largest absolute Gasteiger partial charge is 0.350 e. The molecule has 2 amide bonds. The van der Waals surface area contributed by atoms with Gasteiger partial charge in [-0.1, -0.05) is 23.7 Å². The Morgan fingerprint density at radius 2 is 2.10 bits per heavy atom. The third kappa shape index (κ3) is 5.75. The minimum Gasteiger partial charge on any atom is -0.350 e. The van der Waals surface area contributed by atoms with Crippen LogP contribution in [0.2, 0.25) is 5.02 Å². The Morgan fingerprint density at radius 3 is 2.86 bits per heavy atom. The average Bonchev–Trinajstić information content (AvgIpc) is 3.18. The number of pyridine rings is 1. The summed E-state index contributed by atoms with van der Waals surface area (Å²) in [6.07, 6.45) is 3.34. The fourth-order valence-corrected chi connectivity index (χ4v) is 3.34. The van der Waals surface area contributed by atoms with Gasteiger partial charge < -0.3 is 16.0 Å². The van der Waals surface area contributed by atoms with Crippen molar-refractivity contribution in [3.63, 3.8) is 0 Å². The smallest absolute Gasteiger partial charge is 0.271 e. The van der Waals surface area contributed by atoms with Crippen molar-refractivity contribution in [2.24, 2.45) is 0 Å². The molecule has 0 spiro atoms. The van der Waals surface area contributed by atoms with E-state index >= 15 is 0 Å². The molecule has 1 atom stereocenters. The summed E-state index contributed by atoms with van der Waals surface area (Å²) in [6, 6.07) is 8.47. The van der Waals surface area contributed by atoms with E-state index in [2.05, 4.69) is 25.9 Å². The van der Waals surface area contributed by atoms with E-state index in [0.717, 1.165) is 16.8 Å². The van der Waals surface area contributed by atoms with Gasteiger partial charge in [-0.3, -0.25) is 14.6 Å². The molecule has 0 aliphatic heterocycles. The maximum absolute atomic E-state index is 12.4. The van der Waals surface area contributed by atoms with E-state index in [4.69, 9.17) is 11.6 Å². The zero-order chi connectivity index (χ0) is 20.8. The summed E-state index contributed by atoms with van der Waals surface area (Å²) in [7, 11) is 0. The maximum atomic E-state index is 12.4. The molecule has 0 aliphatic carbocycles. The highest BCUT2D eigenvalue weighted by atomic mass is 35.5. The second-order valence-corrected chi connectivity index (χ2v) is 7.69. The highest BCUT2D eigenvalue weighted by molar-refractivity contribution is 7.14. The molecule has 150 valence electrons. The lowest BCUT2D eigenvalue weighted by atomic mass is 10.2. The Bertz CT molecular complexity index is 1010. The molecule has 1 unspecified atom stereocenters. The fourth-order valence-electron chi connectivity index (χ4n) is 2.46. The molecule has 1 aromatic carbocycles. The van der Waals surface area contributed by atoms with Crippen molar-refractivity contribution in [3.05, 3.63) is 69.9 Å². The van der Waals surface area contributed by atoms with Crippen LogP contribution in [0.25, 0.3) is 0 Å². The molecule has 29 heavy (non-hydrogen) atoms. The minimum atomic E-state index is -0.701. The lowest BCUT2D eigenvalue weighted by Crippen LogP contribution is -2.44. The number of hydrogen-bond donors (Lipinski definition) is 3. The van der Waals surface area contributed by atoms with E-state index < -0.39 is 11.9 Å². The third-order valence-corrected chi connectivity index (χ3v) is 5.10. The Morgan fingerprint density at radius 1 is 1.28 bits per heavy atom. The van der Waals surface area contributed by atoms with E-state index in [0.29, 0.717) is 16.7 Å². The van der Waals surface area contributed by atoms with Gasteiger partial charge in [0.15, 0.2) is 5.13 Å². The zero-order valence-electron chi connectivity index (χ0n) is 15.9. The van der Waals surface area contributed by atoms with Crippen LogP contribution in [0.5, 0.6) is 0 Å². The van der Waals surface area contributed by atoms with Crippen LogP contribution >= 0.6 is 22.9 Å². The van der Waals surface area contributed by atoms with Crippen molar-refractivity contribution in [2.45, 2.75) is 26.4 Å². The number of nitrogens with one attached hydrogen (secondary N) is 3. The molecule has 0 radical (unpaired) electrons. The van der Waals surface area contributed by atoms with E-state index in [1.165, 1.54) is 11.3 Å². The second kappa shape index (κ2) is 9.49. The molecular weight excluding hydrogens is 410 g/mol. The molecule has 3 rings (SSSR count). The van der Waals surface area contributed by atoms with E-state index in [-0.39, 0.29) is 11.6 Å². The maximum Gasteiger partial charge on any atom is 0.271 e. The average molecular weight is 430 g/mol. The molecule has 2 heterocycles. The SMILES string of the molecule is Cc1ccc(Cl)cc1Nc1nc(C(=O)NC(C)C(=O)NCc2cccnc2)cs1. The van der Waals surface area contributed by atoms with Crippen molar-refractivity contribution in [1.82, 2.24) is 20.6 Å². The van der Waals surface area contributed by atoms with Crippen LogP contribution in [0.4, 0.5) is 10.8 Å². The number of halogens is 1. The molecule has 0 saturated heterocycles. The summed E-state index contributed by atoms with van der Waals surface area (Å²) in [5.74, 6) is -0.702. The first-order valence-corrected chi connectivity index (χ1v) is 10.1. The summed E-state index contributed by atoms with van der Waals surface area (Å²) in [4.78, 5) is 32.9.